The van der Waals surface area contributed by atoms with Crippen LogP contribution < -0.4 is 20.1 Å². The zero-order valence-corrected chi connectivity index (χ0v) is 22.6. The maximum atomic E-state index is 13.8. The molecule has 11 heteroatoms. The van der Waals surface area contributed by atoms with Gasteiger partial charge >= 0.3 is 6.18 Å². The van der Waals surface area contributed by atoms with Gasteiger partial charge in [-0.1, -0.05) is 26.8 Å². The van der Waals surface area contributed by atoms with E-state index in [-0.39, 0.29) is 34.0 Å². The number of carbonyl (C=O) groups excluding carboxylic acids is 1. The van der Waals surface area contributed by atoms with Crippen LogP contribution in [0.3, 0.4) is 0 Å². The number of nitrogens with zero attached hydrogens (tertiary/aromatic N) is 3. The summed E-state index contributed by atoms with van der Waals surface area (Å²) in [6.45, 7) is 5.96. The Labute approximate surface area is 229 Å². The van der Waals surface area contributed by atoms with Gasteiger partial charge in [-0.3, -0.25) is 4.79 Å². The van der Waals surface area contributed by atoms with Crippen molar-refractivity contribution in [2.45, 2.75) is 32.4 Å². The number of carbonyl (C=O) groups is 1. The summed E-state index contributed by atoms with van der Waals surface area (Å²) in [5.41, 5.74) is 0.548. The van der Waals surface area contributed by atoms with Gasteiger partial charge in [-0.15, -0.1) is 0 Å². The van der Waals surface area contributed by atoms with E-state index in [1.807, 2.05) is 26.8 Å². The van der Waals surface area contributed by atoms with Crippen LogP contribution in [-0.2, 0) is 11.6 Å². The number of benzene rings is 2. The largest absolute Gasteiger partial charge is 0.496 e. The second kappa shape index (κ2) is 11.2. The molecule has 0 atom stereocenters. The Balaban J connectivity index is 1.72. The monoisotopic (exact) mass is 551 g/mol. The molecule has 0 aliphatic rings. The average Bonchev–Trinajstić information content (AvgIpc) is 2.92. The minimum Gasteiger partial charge on any atom is -0.496 e. The van der Waals surface area contributed by atoms with Crippen molar-refractivity contribution in [2.75, 3.05) is 24.8 Å². The van der Waals surface area contributed by atoms with Crippen LogP contribution in [0.25, 0.3) is 11.3 Å². The van der Waals surface area contributed by atoms with Gasteiger partial charge in [0.15, 0.2) is 0 Å². The molecule has 208 valence electrons. The molecule has 4 rings (SSSR count). The Morgan fingerprint density at radius 1 is 0.925 bits per heavy atom. The maximum absolute atomic E-state index is 13.8. The molecule has 1 amide bonds. The summed E-state index contributed by atoms with van der Waals surface area (Å²) in [5.74, 6) is -0.143. The number of pyridine rings is 1. The highest BCUT2D eigenvalue weighted by atomic mass is 19.4. The Morgan fingerprint density at radius 3 is 2.38 bits per heavy atom. The minimum atomic E-state index is -4.70. The topological polar surface area (TPSA) is 98.3 Å². The van der Waals surface area contributed by atoms with Crippen molar-refractivity contribution in [3.63, 3.8) is 0 Å². The minimum absolute atomic E-state index is 0.0272. The first-order valence-corrected chi connectivity index (χ1v) is 12.2. The van der Waals surface area contributed by atoms with E-state index in [1.165, 1.54) is 25.6 Å². The number of amides is 1. The smallest absolute Gasteiger partial charge is 0.416 e. The Morgan fingerprint density at radius 2 is 1.70 bits per heavy atom. The summed E-state index contributed by atoms with van der Waals surface area (Å²) >= 11 is 0. The van der Waals surface area contributed by atoms with Crippen molar-refractivity contribution < 1.29 is 27.4 Å². The quantitative estimate of drug-likeness (QED) is 0.256. The Hall–Kier alpha value is -4.67. The van der Waals surface area contributed by atoms with E-state index in [0.29, 0.717) is 17.2 Å². The van der Waals surface area contributed by atoms with Crippen LogP contribution in [-0.4, -0.2) is 35.0 Å². The highest BCUT2D eigenvalue weighted by Crippen LogP contribution is 2.38. The van der Waals surface area contributed by atoms with E-state index < -0.39 is 17.6 Å². The first kappa shape index (κ1) is 28.3. The predicted octanol–water partition coefficient (Wildman–Crippen LogP) is 6.95. The van der Waals surface area contributed by atoms with E-state index in [0.717, 1.165) is 17.7 Å². The summed E-state index contributed by atoms with van der Waals surface area (Å²) in [6, 6.07) is 13.1. The molecule has 0 spiro atoms. The average molecular weight is 552 g/mol. The van der Waals surface area contributed by atoms with Crippen molar-refractivity contribution in [1.29, 1.82) is 0 Å². The zero-order valence-electron chi connectivity index (χ0n) is 22.6. The van der Waals surface area contributed by atoms with Crippen molar-refractivity contribution in [2.24, 2.45) is 0 Å². The van der Waals surface area contributed by atoms with Crippen LogP contribution in [0.5, 0.6) is 17.4 Å². The van der Waals surface area contributed by atoms with E-state index >= 15 is 0 Å². The molecule has 8 nitrogen and oxygen atoms in total. The molecule has 2 heterocycles. The third-order valence-electron chi connectivity index (χ3n) is 5.94. The molecule has 40 heavy (non-hydrogen) atoms. The van der Waals surface area contributed by atoms with Crippen molar-refractivity contribution in [3.8, 4) is 28.6 Å². The first-order chi connectivity index (χ1) is 18.9. The molecule has 0 bridgehead atoms. The Kier molecular flexibility index (Phi) is 7.94. The van der Waals surface area contributed by atoms with Crippen LogP contribution in [0.1, 0.15) is 42.3 Å². The van der Waals surface area contributed by atoms with Gasteiger partial charge in [0.2, 0.25) is 11.8 Å². The van der Waals surface area contributed by atoms with Gasteiger partial charge in [-0.25, -0.2) is 15.0 Å². The third kappa shape index (κ3) is 6.48. The fraction of sp³-hybridized carbons (Fsp3) is 0.241. The summed E-state index contributed by atoms with van der Waals surface area (Å²) in [5, 5.41) is 5.40. The molecule has 0 saturated carbocycles. The molecule has 2 N–H and O–H groups in total. The zero-order chi connectivity index (χ0) is 29.1. The molecule has 0 saturated heterocycles. The number of hydrogen-bond acceptors (Lipinski definition) is 7. The first-order valence-electron chi connectivity index (χ1n) is 12.2. The van der Waals surface area contributed by atoms with Crippen LogP contribution >= 0.6 is 0 Å². The van der Waals surface area contributed by atoms with Gasteiger partial charge < -0.3 is 20.1 Å². The Bertz CT molecular complexity index is 1530. The maximum Gasteiger partial charge on any atom is 0.416 e. The van der Waals surface area contributed by atoms with Crippen LogP contribution in [0, 0.1) is 0 Å². The van der Waals surface area contributed by atoms with E-state index in [4.69, 9.17) is 9.47 Å². The summed E-state index contributed by atoms with van der Waals surface area (Å²) < 4.78 is 52.7. The number of nitrogens with one attached hydrogen (secondary N) is 2. The number of halogens is 3. The number of aromatic nitrogens is 3. The highest BCUT2D eigenvalue weighted by Gasteiger charge is 2.32. The normalized spacial score (nSPS) is 11.6. The molecule has 0 radical (unpaired) electrons. The summed E-state index contributed by atoms with van der Waals surface area (Å²) in [6.07, 6.45) is -1.72. The molecule has 0 aliphatic carbocycles. The van der Waals surface area contributed by atoms with Gasteiger partial charge in [0.1, 0.15) is 11.5 Å². The molecule has 2 aromatic heterocycles. The SMILES string of the molecule is CNc1nccc(-c2cccnc2Oc2cc(NC(=O)c3cc(C(C)(C)C)ccc3OC)cc(C(F)(F)F)c2)n1. The molecule has 0 unspecified atom stereocenters. The molecular formula is C29H28F3N5O3. The van der Waals surface area contributed by atoms with Crippen LogP contribution in [0.2, 0.25) is 0 Å². The van der Waals surface area contributed by atoms with Gasteiger partial charge in [-0.2, -0.15) is 13.2 Å². The fourth-order valence-corrected chi connectivity index (χ4v) is 3.85. The van der Waals surface area contributed by atoms with E-state index in [1.54, 1.807) is 37.4 Å². The highest BCUT2D eigenvalue weighted by molar-refractivity contribution is 6.06. The number of anilines is 2. The van der Waals surface area contributed by atoms with E-state index in [2.05, 4.69) is 25.6 Å². The molecule has 4 aromatic rings. The van der Waals surface area contributed by atoms with Crippen molar-refractivity contribution in [3.05, 3.63) is 83.7 Å². The van der Waals surface area contributed by atoms with Crippen molar-refractivity contribution in [1.82, 2.24) is 15.0 Å². The number of hydrogen-bond donors (Lipinski definition) is 2. The number of ether oxygens (including phenoxy) is 2. The van der Waals surface area contributed by atoms with Crippen LogP contribution in [0.4, 0.5) is 24.8 Å². The van der Waals surface area contributed by atoms with E-state index in [9.17, 15) is 18.0 Å². The predicted molar refractivity (Wildman–Crippen MR) is 146 cm³/mol. The summed E-state index contributed by atoms with van der Waals surface area (Å²) in [4.78, 5) is 25.9. The molecule has 0 fully saturated rings. The molecule has 0 aliphatic heterocycles. The molecule has 2 aromatic carbocycles. The second-order valence-electron chi connectivity index (χ2n) is 9.84. The van der Waals surface area contributed by atoms with Crippen LogP contribution in [0.15, 0.2) is 67.0 Å². The lowest BCUT2D eigenvalue weighted by molar-refractivity contribution is -0.137. The van der Waals surface area contributed by atoms with Gasteiger partial charge in [0.05, 0.1) is 29.5 Å². The standard InChI is InChI=1S/C29H28F3N5O3/c1-28(2,3)17-8-9-24(39-5)22(15-17)25(38)36-19-13-18(29(30,31)32)14-20(16-19)40-26-21(7-6-11-34-26)23-10-12-35-27(33-4)37-23/h6-16H,1-5H3,(H,36,38)(H,33,35,37). The van der Waals surface area contributed by atoms with Crippen molar-refractivity contribution >= 4 is 17.5 Å². The van der Waals surface area contributed by atoms with Gasteiger partial charge in [0.25, 0.3) is 5.91 Å². The fourth-order valence-electron chi connectivity index (χ4n) is 3.85. The lowest BCUT2D eigenvalue weighted by Crippen LogP contribution is -2.17. The summed E-state index contributed by atoms with van der Waals surface area (Å²) in [7, 11) is 3.08. The van der Waals surface area contributed by atoms with Gasteiger partial charge in [-0.05, 0) is 53.4 Å². The van der Waals surface area contributed by atoms with Gasteiger partial charge in [0, 0.05) is 31.2 Å². The number of alkyl halides is 3. The number of methoxy groups -OCH3 is 1. The third-order valence-corrected chi connectivity index (χ3v) is 5.94. The number of rotatable bonds is 7. The molecular weight excluding hydrogens is 523 g/mol. The lowest BCUT2D eigenvalue weighted by atomic mass is 9.86. The second-order valence-corrected chi connectivity index (χ2v) is 9.84. The lowest BCUT2D eigenvalue weighted by Gasteiger charge is -2.21.